The zero-order chi connectivity index (χ0) is 7.98. The molecule has 0 amide bonds. The standard InChI is InChI=1S/C9H19Br/c1-4-9(10)7-5-6-8(2)3/h8-9H,4-7H2,1-3H3. The van der Waals surface area contributed by atoms with Crippen molar-refractivity contribution in [2.75, 3.05) is 0 Å². The minimum absolute atomic E-state index is 0.756. The third-order valence-electron chi connectivity index (χ3n) is 1.74. The number of hydrogen-bond acceptors (Lipinski definition) is 0. The Kier molecular flexibility index (Phi) is 6.50. The van der Waals surface area contributed by atoms with Crippen LogP contribution in [0.15, 0.2) is 0 Å². The average molecular weight is 207 g/mol. The summed E-state index contributed by atoms with van der Waals surface area (Å²) < 4.78 is 0. The van der Waals surface area contributed by atoms with Gasteiger partial charge < -0.3 is 0 Å². The van der Waals surface area contributed by atoms with Gasteiger partial charge in [0.1, 0.15) is 0 Å². The maximum absolute atomic E-state index is 3.63. The van der Waals surface area contributed by atoms with Gasteiger partial charge in [-0.05, 0) is 18.8 Å². The lowest BCUT2D eigenvalue weighted by atomic mass is 10.0. The summed E-state index contributed by atoms with van der Waals surface area (Å²) in [7, 11) is 0. The lowest BCUT2D eigenvalue weighted by Crippen LogP contribution is -1.96. The first-order valence-electron chi connectivity index (χ1n) is 4.30. The van der Waals surface area contributed by atoms with Crippen LogP contribution in [-0.2, 0) is 0 Å². The summed E-state index contributed by atoms with van der Waals surface area (Å²) >= 11 is 3.63. The molecule has 0 aliphatic carbocycles. The monoisotopic (exact) mass is 206 g/mol. The van der Waals surface area contributed by atoms with E-state index in [2.05, 4.69) is 36.7 Å². The van der Waals surface area contributed by atoms with Crippen molar-refractivity contribution >= 4 is 15.9 Å². The van der Waals surface area contributed by atoms with Gasteiger partial charge in [-0.2, -0.15) is 0 Å². The van der Waals surface area contributed by atoms with E-state index in [-0.39, 0.29) is 0 Å². The van der Waals surface area contributed by atoms with Gasteiger partial charge in [-0.3, -0.25) is 0 Å². The van der Waals surface area contributed by atoms with Crippen LogP contribution in [0.3, 0.4) is 0 Å². The van der Waals surface area contributed by atoms with Gasteiger partial charge in [0.15, 0.2) is 0 Å². The first kappa shape index (κ1) is 10.5. The molecule has 0 aromatic heterocycles. The molecule has 0 aromatic carbocycles. The van der Waals surface area contributed by atoms with Gasteiger partial charge in [0.25, 0.3) is 0 Å². The third kappa shape index (κ3) is 6.60. The molecular formula is C9H19Br. The van der Waals surface area contributed by atoms with Crippen molar-refractivity contribution in [2.24, 2.45) is 5.92 Å². The van der Waals surface area contributed by atoms with Crippen molar-refractivity contribution < 1.29 is 0 Å². The normalized spacial score (nSPS) is 14.1. The molecule has 0 nitrogen and oxygen atoms in total. The summed E-state index contributed by atoms with van der Waals surface area (Å²) in [5.41, 5.74) is 0. The Morgan fingerprint density at radius 1 is 1.20 bits per heavy atom. The second-order valence-electron chi connectivity index (χ2n) is 3.33. The van der Waals surface area contributed by atoms with Crippen LogP contribution in [0.4, 0.5) is 0 Å². The molecule has 0 saturated carbocycles. The first-order chi connectivity index (χ1) is 4.66. The second-order valence-corrected chi connectivity index (χ2v) is 4.63. The highest BCUT2D eigenvalue weighted by molar-refractivity contribution is 9.09. The van der Waals surface area contributed by atoms with Gasteiger partial charge >= 0.3 is 0 Å². The summed E-state index contributed by atoms with van der Waals surface area (Å²) in [6.07, 6.45) is 5.36. The topological polar surface area (TPSA) is 0 Å². The summed E-state index contributed by atoms with van der Waals surface area (Å²) in [6.45, 7) is 6.80. The molecule has 0 rings (SSSR count). The predicted octanol–water partition coefficient (Wildman–Crippen LogP) is 3.99. The fourth-order valence-electron chi connectivity index (χ4n) is 0.952. The summed E-state index contributed by atoms with van der Waals surface area (Å²) in [5, 5.41) is 0. The highest BCUT2D eigenvalue weighted by Gasteiger charge is 2.00. The van der Waals surface area contributed by atoms with Gasteiger partial charge in [-0.25, -0.2) is 0 Å². The molecule has 0 spiro atoms. The Morgan fingerprint density at radius 2 is 1.80 bits per heavy atom. The van der Waals surface area contributed by atoms with E-state index in [1.807, 2.05) is 0 Å². The number of alkyl halides is 1. The van der Waals surface area contributed by atoms with Crippen LogP contribution in [0.25, 0.3) is 0 Å². The van der Waals surface area contributed by atoms with Crippen LogP contribution >= 0.6 is 15.9 Å². The maximum Gasteiger partial charge on any atom is 0.0143 e. The highest BCUT2D eigenvalue weighted by atomic mass is 79.9. The molecule has 0 aromatic rings. The van der Waals surface area contributed by atoms with Crippen molar-refractivity contribution in [3.8, 4) is 0 Å². The van der Waals surface area contributed by atoms with Crippen molar-refractivity contribution in [2.45, 2.75) is 51.3 Å². The molecular weight excluding hydrogens is 188 g/mol. The molecule has 0 bridgehead atoms. The van der Waals surface area contributed by atoms with Gasteiger partial charge in [0.2, 0.25) is 0 Å². The molecule has 0 N–H and O–H groups in total. The first-order valence-corrected chi connectivity index (χ1v) is 5.22. The fraction of sp³-hybridized carbons (Fsp3) is 1.00. The Morgan fingerprint density at radius 3 is 2.20 bits per heavy atom. The molecule has 62 valence electrons. The van der Waals surface area contributed by atoms with Crippen LogP contribution < -0.4 is 0 Å². The number of rotatable bonds is 5. The number of halogens is 1. The quantitative estimate of drug-likeness (QED) is 0.598. The Hall–Kier alpha value is 0.480. The average Bonchev–Trinajstić information content (AvgIpc) is 1.87. The van der Waals surface area contributed by atoms with E-state index in [9.17, 15) is 0 Å². The molecule has 0 fully saturated rings. The van der Waals surface area contributed by atoms with E-state index < -0.39 is 0 Å². The second kappa shape index (κ2) is 6.21. The van der Waals surface area contributed by atoms with E-state index in [1.165, 1.54) is 25.7 Å². The molecule has 0 radical (unpaired) electrons. The molecule has 0 saturated heterocycles. The van der Waals surface area contributed by atoms with Gasteiger partial charge in [-0.15, -0.1) is 0 Å². The van der Waals surface area contributed by atoms with E-state index >= 15 is 0 Å². The van der Waals surface area contributed by atoms with Crippen molar-refractivity contribution in [3.63, 3.8) is 0 Å². The minimum Gasteiger partial charge on any atom is -0.0891 e. The van der Waals surface area contributed by atoms with Crippen molar-refractivity contribution in [1.82, 2.24) is 0 Å². The van der Waals surface area contributed by atoms with Gasteiger partial charge in [-0.1, -0.05) is 49.5 Å². The number of hydrogen-bond donors (Lipinski definition) is 0. The van der Waals surface area contributed by atoms with Crippen LogP contribution in [0.1, 0.15) is 46.5 Å². The molecule has 10 heavy (non-hydrogen) atoms. The zero-order valence-electron chi connectivity index (χ0n) is 7.36. The molecule has 0 aliphatic heterocycles. The maximum atomic E-state index is 3.63. The predicted molar refractivity (Wildman–Crippen MR) is 51.7 cm³/mol. The highest BCUT2D eigenvalue weighted by Crippen LogP contribution is 2.15. The zero-order valence-corrected chi connectivity index (χ0v) is 8.95. The van der Waals surface area contributed by atoms with E-state index in [1.54, 1.807) is 0 Å². The van der Waals surface area contributed by atoms with E-state index in [4.69, 9.17) is 0 Å². The molecule has 0 aliphatic rings. The van der Waals surface area contributed by atoms with Crippen LogP contribution in [-0.4, -0.2) is 4.83 Å². The summed E-state index contributed by atoms with van der Waals surface area (Å²) in [6, 6.07) is 0. The van der Waals surface area contributed by atoms with Gasteiger partial charge in [0.05, 0.1) is 0 Å². The summed E-state index contributed by atoms with van der Waals surface area (Å²) in [4.78, 5) is 0.756. The van der Waals surface area contributed by atoms with Crippen LogP contribution in [0.2, 0.25) is 0 Å². The molecule has 0 heterocycles. The molecule has 1 heteroatoms. The van der Waals surface area contributed by atoms with Crippen molar-refractivity contribution in [1.29, 1.82) is 0 Å². The minimum atomic E-state index is 0.756. The van der Waals surface area contributed by atoms with Crippen LogP contribution in [0, 0.1) is 5.92 Å². The Balaban J connectivity index is 3.03. The van der Waals surface area contributed by atoms with Crippen LogP contribution in [0.5, 0.6) is 0 Å². The lowest BCUT2D eigenvalue weighted by Gasteiger charge is -2.07. The van der Waals surface area contributed by atoms with Crippen molar-refractivity contribution in [3.05, 3.63) is 0 Å². The summed E-state index contributed by atoms with van der Waals surface area (Å²) in [5.74, 6) is 0.872. The lowest BCUT2D eigenvalue weighted by molar-refractivity contribution is 0.531. The third-order valence-corrected chi connectivity index (χ3v) is 2.85. The molecule has 1 atom stereocenters. The Labute approximate surface area is 73.5 Å². The Bertz CT molecular complexity index is 69.1. The van der Waals surface area contributed by atoms with Gasteiger partial charge in [0, 0.05) is 4.83 Å². The smallest absolute Gasteiger partial charge is 0.0143 e. The fourth-order valence-corrected chi connectivity index (χ4v) is 1.28. The SMILES string of the molecule is CCC(Br)CCCC(C)C. The largest absolute Gasteiger partial charge is 0.0891 e. The molecule has 1 unspecified atom stereocenters. The van der Waals surface area contributed by atoms with E-state index in [0.29, 0.717) is 0 Å². The van der Waals surface area contributed by atoms with E-state index in [0.717, 1.165) is 10.7 Å².